The van der Waals surface area contributed by atoms with Gasteiger partial charge < -0.3 is 54.8 Å². The van der Waals surface area contributed by atoms with Gasteiger partial charge in [0.1, 0.15) is 36.2 Å². The van der Waals surface area contributed by atoms with Gasteiger partial charge in [-0.3, -0.25) is 28.5 Å². The molecule has 362 valence electrons. The Kier molecular flexibility index (Phi) is 14.6. The molecule has 21 heteroatoms. The molecule has 1 aliphatic carbocycles. The van der Waals surface area contributed by atoms with Crippen molar-refractivity contribution in [3.05, 3.63) is 80.9 Å². The fraction of sp³-hybridized carbons (Fsp3) is 0.447. The predicted octanol–water partition coefficient (Wildman–Crippen LogP) is 3.05. The SMILES string of the molecule is CCNc1cc2oc3cc(=[NH+]CC)c(C)cc-3c(-c3ccccc3C(=O)N(C)CCCC(=O)NCCCCCCNc3nc4c(=O)[nH]c(N)nc4n3[C@@H]3O[C@@H]4COP(=O)([O-])O[C@H]4[C@H]3O)c2cc1C. The fourth-order valence-corrected chi connectivity index (χ4v) is 9.90. The largest absolute Gasteiger partial charge is 0.756 e. The number of H-pyrrole nitrogens is 1. The summed E-state index contributed by atoms with van der Waals surface area (Å²) >= 11 is 0. The molecule has 3 aliphatic heterocycles. The molecule has 2 saturated heterocycles. The van der Waals surface area contributed by atoms with Crippen molar-refractivity contribution in [1.29, 1.82) is 0 Å². The number of hydrogen-bond donors (Lipinski definition) is 7. The molecule has 8 N–H and O–H groups in total. The first-order valence-electron chi connectivity index (χ1n) is 23.1. The van der Waals surface area contributed by atoms with Gasteiger partial charge in [0.2, 0.25) is 23.2 Å². The maximum absolute atomic E-state index is 14.2. The van der Waals surface area contributed by atoms with Crippen molar-refractivity contribution in [2.45, 2.75) is 90.8 Å². The zero-order chi connectivity index (χ0) is 48.3. The van der Waals surface area contributed by atoms with E-state index < -0.39 is 37.9 Å². The number of phosphoric acid groups is 1. The Labute approximate surface area is 392 Å². The number of aliphatic hydroxyl groups is 1. The van der Waals surface area contributed by atoms with Crippen molar-refractivity contribution >= 4 is 59.4 Å². The summed E-state index contributed by atoms with van der Waals surface area (Å²) in [6.07, 6.45) is -0.991. The Hall–Kier alpha value is -6.15. The maximum atomic E-state index is 14.2. The molecule has 68 heavy (non-hydrogen) atoms. The number of phosphoric ester groups is 1. The summed E-state index contributed by atoms with van der Waals surface area (Å²) in [4.78, 5) is 67.9. The molecule has 0 spiro atoms. The molecular formula is C47H59N10O10P. The van der Waals surface area contributed by atoms with Crippen molar-refractivity contribution in [2.75, 3.05) is 62.7 Å². The molecule has 2 fully saturated rings. The van der Waals surface area contributed by atoms with E-state index in [2.05, 4.69) is 75.7 Å². The summed E-state index contributed by atoms with van der Waals surface area (Å²) in [7, 11) is -2.86. The second-order valence-electron chi connectivity index (χ2n) is 17.2. The molecule has 0 radical (unpaired) electrons. The lowest BCUT2D eigenvalue weighted by Gasteiger charge is -2.34. The number of carbonyl (C=O) groups is 2. The number of carbonyl (C=O) groups excluding carboxylic acids is 2. The van der Waals surface area contributed by atoms with E-state index in [-0.39, 0.29) is 47.9 Å². The molecule has 0 bridgehead atoms. The topological polar surface area (TPSA) is 278 Å². The summed E-state index contributed by atoms with van der Waals surface area (Å²) in [5.41, 5.74) is 12.2. The van der Waals surface area contributed by atoms with Crippen LogP contribution < -0.4 is 42.5 Å². The summed E-state index contributed by atoms with van der Waals surface area (Å²) in [5.74, 6) is 0.468. The van der Waals surface area contributed by atoms with Gasteiger partial charge in [-0.1, -0.05) is 31.0 Å². The normalized spacial score (nSPS) is 20.5. The van der Waals surface area contributed by atoms with Crippen molar-refractivity contribution in [3.63, 3.8) is 0 Å². The van der Waals surface area contributed by atoms with E-state index in [0.717, 1.165) is 76.6 Å². The number of nitrogens with zero attached hydrogens (tertiary/aromatic N) is 4. The zero-order valence-corrected chi connectivity index (χ0v) is 39.7. The third-order valence-corrected chi connectivity index (χ3v) is 13.3. The molecule has 5 atom stereocenters. The predicted molar refractivity (Wildman–Crippen MR) is 254 cm³/mol. The number of nitrogen functional groups attached to an aromatic ring is 1. The average Bonchev–Trinajstić information content (AvgIpc) is 3.82. The first-order chi connectivity index (χ1) is 32.7. The smallest absolute Gasteiger partial charge is 0.280 e. The molecule has 2 aromatic heterocycles. The Morgan fingerprint density at radius 1 is 1.03 bits per heavy atom. The van der Waals surface area contributed by atoms with E-state index in [9.17, 15) is 28.9 Å². The lowest BCUT2D eigenvalue weighted by atomic mass is 9.89. The number of ether oxygens (including phenoxy) is 1. The van der Waals surface area contributed by atoms with Crippen LogP contribution in [0.15, 0.2) is 57.7 Å². The minimum absolute atomic E-state index is 0.0349. The molecular weight excluding hydrogens is 896 g/mol. The summed E-state index contributed by atoms with van der Waals surface area (Å²) in [6, 6.07) is 16.0. The highest BCUT2D eigenvalue weighted by atomic mass is 31.2. The number of anilines is 3. The fourth-order valence-electron chi connectivity index (χ4n) is 8.95. The van der Waals surface area contributed by atoms with Gasteiger partial charge in [0.25, 0.3) is 19.3 Å². The number of fused-ring (bicyclic) bond motifs is 4. The third-order valence-electron chi connectivity index (χ3n) is 12.3. The second-order valence-corrected chi connectivity index (χ2v) is 18.6. The third kappa shape index (κ3) is 10.2. The van der Waals surface area contributed by atoms with Crippen LogP contribution in [0.4, 0.5) is 17.6 Å². The molecule has 0 saturated carbocycles. The van der Waals surface area contributed by atoms with Crippen LogP contribution in [0, 0.1) is 13.8 Å². The van der Waals surface area contributed by atoms with Crippen molar-refractivity contribution in [1.82, 2.24) is 29.7 Å². The quantitative estimate of drug-likeness (QED) is 0.0371. The number of nitrogens with one attached hydrogen (secondary N) is 5. The number of aromatic nitrogens is 4. The van der Waals surface area contributed by atoms with Gasteiger partial charge in [0, 0.05) is 79.0 Å². The Morgan fingerprint density at radius 2 is 1.81 bits per heavy atom. The minimum atomic E-state index is -4.62. The second kappa shape index (κ2) is 20.6. The van der Waals surface area contributed by atoms with Crippen LogP contribution in [0.1, 0.15) is 80.1 Å². The number of aryl methyl sites for hydroxylation is 2. The van der Waals surface area contributed by atoms with Gasteiger partial charge >= 0.3 is 0 Å². The van der Waals surface area contributed by atoms with E-state index >= 15 is 0 Å². The highest BCUT2D eigenvalue weighted by Gasteiger charge is 2.51. The first kappa shape index (κ1) is 48.3. The number of aliphatic hydroxyl groups excluding tert-OH is 1. The van der Waals surface area contributed by atoms with Gasteiger partial charge in [-0.25, -0.2) is 9.98 Å². The van der Waals surface area contributed by atoms with Crippen LogP contribution in [0.5, 0.6) is 0 Å². The molecule has 4 aromatic rings. The lowest BCUT2D eigenvalue weighted by Crippen LogP contribution is -2.76. The van der Waals surface area contributed by atoms with Crippen LogP contribution in [0.3, 0.4) is 0 Å². The highest BCUT2D eigenvalue weighted by molar-refractivity contribution is 7.45. The Morgan fingerprint density at radius 3 is 2.59 bits per heavy atom. The molecule has 20 nitrogen and oxygen atoms in total. The van der Waals surface area contributed by atoms with Crippen molar-refractivity contribution in [2.24, 2.45) is 0 Å². The number of rotatable bonds is 18. The standard InChI is InChI=1S/C47H59N10O10P/c1-6-49-32-23-34-30(21-26(32)3)38(31-22-27(4)33(50-7-2)24-35(31)65-34)28-15-10-11-16-29(28)44(61)56(5)20-14-17-37(58)51-18-12-8-9-13-19-52-47-53-39-42(54-46(48)55-43(39)60)57(47)45-40(59)41-36(66-45)25-64-68(62,63)67-41/h10-11,15-16,21-24,36,40-41,45,49,59H,6-9,12-14,17-20,25H2,1-5H3,(H,51,58)(H,52,53)(H,62,63)(H3,48,54,55,60)/t36-,40-,41-,45-/m1/s1. The molecule has 1 unspecified atom stereocenters. The molecule has 4 aliphatic rings. The van der Waals surface area contributed by atoms with Crippen LogP contribution in [0.25, 0.3) is 44.6 Å². The number of unbranched alkanes of at least 4 members (excludes halogenated alkanes) is 3. The van der Waals surface area contributed by atoms with Crippen LogP contribution >= 0.6 is 7.82 Å². The number of hydrogen-bond acceptors (Lipinski definition) is 15. The van der Waals surface area contributed by atoms with Crippen molar-refractivity contribution in [3.8, 4) is 22.5 Å². The molecule has 8 rings (SSSR count). The summed E-state index contributed by atoms with van der Waals surface area (Å²) in [5, 5.41) is 22.6. The monoisotopic (exact) mass is 954 g/mol. The van der Waals surface area contributed by atoms with E-state index in [0.29, 0.717) is 49.4 Å². The maximum Gasteiger partial charge on any atom is 0.280 e. The lowest BCUT2D eigenvalue weighted by molar-refractivity contribution is -0.496. The van der Waals surface area contributed by atoms with Crippen LogP contribution in [0.2, 0.25) is 0 Å². The number of benzene rings is 3. The highest BCUT2D eigenvalue weighted by Crippen LogP contribution is 2.50. The Bertz CT molecular complexity index is 2990. The first-order valence-corrected chi connectivity index (χ1v) is 24.6. The zero-order valence-electron chi connectivity index (χ0n) is 38.8. The van der Waals surface area contributed by atoms with E-state index in [1.54, 1.807) is 11.9 Å². The number of aromatic amines is 1. The van der Waals surface area contributed by atoms with E-state index in [1.165, 1.54) is 4.57 Å². The minimum Gasteiger partial charge on any atom is -0.756 e. The van der Waals surface area contributed by atoms with Gasteiger partial charge in [-0.05, 0) is 76.3 Å². The van der Waals surface area contributed by atoms with E-state index in [1.807, 2.05) is 36.4 Å². The summed E-state index contributed by atoms with van der Waals surface area (Å²) in [6.45, 7) is 10.7. The molecule has 2 aromatic carbocycles. The molecule has 2 amide bonds. The van der Waals surface area contributed by atoms with Gasteiger partial charge in [0.05, 0.1) is 12.7 Å². The van der Waals surface area contributed by atoms with Crippen molar-refractivity contribution < 1.29 is 47.3 Å². The van der Waals surface area contributed by atoms with Crippen LogP contribution in [-0.4, -0.2) is 106 Å². The van der Waals surface area contributed by atoms with Gasteiger partial charge in [-0.15, -0.1) is 0 Å². The number of amides is 2. The van der Waals surface area contributed by atoms with Gasteiger partial charge in [-0.2, -0.15) is 4.98 Å². The Balaban J connectivity index is 0.833. The molecule has 5 heterocycles. The van der Waals surface area contributed by atoms with Gasteiger partial charge in [0.15, 0.2) is 17.4 Å². The van der Waals surface area contributed by atoms with Crippen LogP contribution in [-0.2, 0) is 23.1 Å². The van der Waals surface area contributed by atoms with E-state index in [4.69, 9.17) is 23.9 Å². The number of imidazole rings is 1. The summed E-state index contributed by atoms with van der Waals surface area (Å²) < 4.78 is 35.6. The number of nitrogens with two attached hydrogens (primary N) is 1. The average molecular weight is 955 g/mol.